The van der Waals surface area contributed by atoms with E-state index in [9.17, 15) is 19.4 Å². The standard InChI is InChI=1S/C45H85O9P/c1-3-5-7-9-11-13-15-17-19-20-21-22-23-25-27-29-31-33-35-37-45(48)54-44(42-53-55(49,50)52-40-43(47)39-46)41-51-38-36-34-32-30-28-26-24-18-16-14-12-10-8-6-4-2/h11,13,17,19,21-22,43-44,46-47H,3-10,12,14-16,18,20,23-42H2,1-2H3,(H,49,50)/b13-11-,19-17-,22-21-. The molecule has 0 saturated heterocycles. The average molecular weight is 801 g/mol. The molecule has 0 aliphatic carbocycles. The van der Waals surface area contributed by atoms with Crippen molar-refractivity contribution < 1.29 is 43.0 Å². The lowest BCUT2D eigenvalue weighted by Gasteiger charge is -2.20. The molecule has 0 amide bonds. The van der Waals surface area contributed by atoms with E-state index >= 15 is 0 Å². The molecule has 9 nitrogen and oxygen atoms in total. The molecule has 0 bridgehead atoms. The lowest BCUT2D eigenvalue weighted by Crippen LogP contribution is -2.29. The summed E-state index contributed by atoms with van der Waals surface area (Å²) in [4.78, 5) is 22.6. The first-order valence-corrected chi connectivity index (χ1v) is 24.0. The predicted molar refractivity (Wildman–Crippen MR) is 228 cm³/mol. The molecule has 3 N–H and O–H groups in total. The van der Waals surface area contributed by atoms with E-state index in [1.165, 1.54) is 122 Å². The van der Waals surface area contributed by atoms with E-state index in [1.807, 2.05) is 0 Å². The number of carbonyl (C=O) groups excluding carboxylic acids is 1. The van der Waals surface area contributed by atoms with Gasteiger partial charge in [0.05, 0.1) is 26.4 Å². The second-order valence-corrected chi connectivity index (χ2v) is 16.5. The highest BCUT2D eigenvalue weighted by Crippen LogP contribution is 2.43. The second-order valence-electron chi connectivity index (χ2n) is 15.1. The number of aliphatic hydroxyl groups is 2. The molecule has 0 rings (SSSR count). The molecule has 0 spiro atoms. The van der Waals surface area contributed by atoms with E-state index in [1.54, 1.807) is 0 Å². The van der Waals surface area contributed by atoms with Gasteiger partial charge < -0.3 is 24.6 Å². The number of aliphatic hydroxyl groups excluding tert-OH is 2. The van der Waals surface area contributed by atoms with Crippen LogP contribution in [0.15, 0.2) is 36.5 Å². The summed E-state index contributed by atoms with van der Waals surface area (Å²) in [5.41, 5.74) is 0. The van der Waals surface area contributed by atoms with Gasteiger partial charge >= 0.3 is 13.8 Å². The van der Waals surface area contributed by atoms with Crippen LogP contribution < -0.4 is 0 Å². The number of allylic oxidation sites excluding steroid dienone is 6. The molecule has 324 valence electrons. The van der Waals surface area contributed by atoms with Gasteiger partial charge in [-0.1, -0.05) is 179 Å². The molecule has 0 aliphatic heterocycles. The Morgan fingerprint density at radius 3 is 1.51 bits per heavy atom. The minimum atomic E-state index is -4.52. The van der Waals surface area contributed by atoms with Gasteiger partial charge in [0.2, 0.25) is 0 Å². The number of carbonyl (C=O) groups is 1. The second kappa shape index (κ2) is 42.3. The highest BCUT2D eigenvalue weighted by molar-refractivity contribution is 7.47. The van der Waals surface area contributed by atoms with Gasteiger partial charge in [-0.3, -0.25) is 13.8 Å². The van der Waals surface area contributed by atoms with E-state index < -0.39 is 39.2 Å². The average Bonchev–Trinajstić information content (AvgIpc) is 3.18. The normalized spacial score (nSPS) is 14.3. The largest absolute Gasteiger partial charge is 0.472 e. The van der Waals surface area contributed by atoms with Crippen molar-refractivity contribution >= 4 is 13.8 Å². The summed E-state index contributed by atoms with van der Waals surface area (Å²) < 4.78 is 33.4. The van der Waals surface area contributed by atoms with Crippen LogP contribution in [0.2, 0.25) is 0 Å². The van der Waals surface area contributed by atoms with Crippen LogP contribution in [-0.4, -0.2) is 66.3 Å². The number of hydrogen-bond donors (Lipinski definition) is 3. The highest BCUT2D eigenvalue weighted by atomic mass is 31.2. The quantitative estimate of drug-likeness (QED) is 0.0239. The van der Waals surface area contributed by atoms with E-state index in [2.05, 4.69) is 50.3 Å². The van der Waals surface area contributed by atoms with Crippen molar-refractivity contribution in [2.24, 2.45) is 0 Å². The van der Waals surface area contributed by atoms with Gasteiger partial charge in [0.15, 0.2) is 0 Å². The summed E-state index contributed by atoms with van der Waals surface area (Å²) in [5.74, 6) is -0.393. The first-order chi connectivity index (χ1) is 26.8. The summed E-state index contributed by atoms with van der Waals surface area (Å²) in [6, 6.07) is 0. The number of phosphoric acid groups is 1. The van der Waals surface area contributed by atoms with Crippen molar-refractivity contribution in [3.05, 3.63) is 36.5 Å². The number of rotatable bonds is 43. The maximum atomic E-state index is 12.6. The van der Waals surface area contributed by atoms with Crippen LogP contribution in [-0.2, 0) is 27.9 Å². The molecule has 0 heterocycles. The Bertz CT molecular complexity index is 955. The molecular weight excluding hydrogens is 715 g/mol. The van der Waals surface area contributed by atoms with Crippen molar-refractivity contribution in [3.63, 3.8) is 0 Å². The molecule has 0 saturated carbocycles. The third-order valence-corrected chi connectivity index (χ3v) is 10.5. The lowest BCUT2D eigenvalue weighted by atomic mass is 10.0. The Morgan fingerprint density at radius 1 is 0.564 bits per heavy atom. The van der Waals surface area contributed by atoms with Crippen molar-refractivity contribution in [2.45, 2.75) is 212 Å². The van der Waals surface area contributed by atoms with Crippen molar-refractivity contribution in [3.8, 4) is 0 Å². The van der Waals surface area contributed by atoms with E-state index in [0.717, 1.165) is 51.4 Å². The number of hydrogen-bond acceptors (Lipinski definition) is 8. The van der Waals surface area contributed by atoms with Crippen LogP contribution in [0.1, 0.15) is 200 Å². The molecule has 3 atom stereocenters. The van der Waals surface area contributed by atoms with Crippen LogP contribution in [0.3, 0.4) is 0 Å². The molecule has 3 unspecified atom stereocenters. The van der Waals surface area contributed by atoms with E-state index in [-0.39, 0.29) is 19.6 Å². The molecule has 10 heteroatoms. The van der Waals surface area contributed by atoms with Crippen molar-refractivity contribution in [1.82, 2.24) is 0 Å². The molecule has 0 aromatic heterocycles. The first kappa shape index (κ1) is 53.7. The molecule has 55 heavy (non-hydrogen) atoms. The van der Waals surface area contributed by atoms with Crippen LogP contribution >= 0.6 is 7.82 Å². The number of phosphoric ester groups is 1. The third-order valence-electron chi connectivity index (χ3n) is 9.58. The van der Waals surface area contributed by atoms with Gasteiger partial charge in [0, 0.05) is 13.0 Å². The van der Waals surface area contributed by atoms with Crippen molar-refractivity contribution in [1.29, 1.82) is 0 Å². The zero-order chi connectivity index (χ0) is 40.3. The van der Waals surface area contributed by atoms with Crippen LogP contribution in [0.4, 0.5) is 0 Å². The number of esters is 1. The summed E-state index contributed by atoms with van der Waals surface area (Å²) in [7, 11) is -4.52. The number of unbranched alkanes of at least 4 members (excludes halogenated alkanes) is 23. The Balaban J connectivity index is 4.17. The summed E-state index contributed by atoms with van der Waals surface area (Å²) in [6.07, 6.45) is 45.2. The summed E-state index contributed by atoms with van der Waals surface area (Å²) in [6.45, 7) is 3.50. The Morgan fingerprint density at radius 2 is 0.982 bits per heavy atom. The molecule has 0 aliphatic rings. The molecule has 0 radical (unpaired) electrons. The Kier molecular flexibility index (Phi) is 41.3. The van der Waals surface area contributed by atoms with Crippen LogP contribution in [0.5, 0.6) is 0 Å². The topological polar surface area (TPSA) is 132 Å². The van der Waals surface area contributed by atoms with Gasteiger partial charge in [-0.15, -0.1) is 0 Å². The van der Waals surface area contributed by atoms with Crippen molar-refractivity contribution in [2.75, 3.05) is 33.0 Å². The zero-order valence-corrected chi connectivity index (χ0v) is 36.3. The maximum Gasteiger partial charge on any atom is 0.472 e. The fourth-order valence-corrected chi connectivity index (χ4v) is 6.92. The highest BCUT2D eigenvalue weighted by Gasteiger charge is 2.26. The van der Waals surface area contributed by atoms with E-state index in [4.69, 9.17) is 23.6 Å². The molecule has 0 aromatic rings. The predicted octanol–water partition coefficient (Wildman–Crippen LogP) is 12.4. The minimum Gasteiger partial charge on any atom is -0.457 e. The van der Waals surface area contributed by atoms with Gasteiger partial charge in [-0.2, -0.15) is 0 Å². The fourth-order valence-electron chi connectivity index (χ4n) is 6.13. The fraction of sp³-hybridized carbons (Fsp3) is 0.844. The first-order valence-electron chi connectivity index (χ1n) is 22.5. The van der Waals surface area contributed by atoms with E-state index in [0.29, 0.717) is 13.0 Å². The minimum absolute atomic E-state index is 0.0465. The molecular formula is C45H85O9P. The Labute approximate surface area is 337 Å². The summed E-state index contributed by atoms with van der Waals surface area (Å²) >= 11 is 0. The van der Waals surface area contributed by atoms with Gasteiger partial charge in [-0.05, 0) is 51.4 Å². The Hall–Kier alpha value is -1.32. The lowest BCUT2D eigenvalue weighted by molar-refractivity contribution is -0.154. The van der Waals surface area contributed by atoms with Gasteiger partial charge in [0.1, 0.15) is 12.2 Å². The van der Waals surface area contributed by atoms with Crippen LogP contribution in [0, 0.1) is 0 Å². The summed E-state index contributed by atoms with van der Waals surface area (Å²) in [5, 5.41) is 18.4. The van der Waals surface area contributed by atoms with Gasteiger partial charge in [-0.25, -0.2) is 4.57 Å². The zero-order valence-electron chi connectivity index (χ0n) is 35.4. The molecule has 0 aromatic carbocycles. The molecule has 0 fully saturated rings. The third kappa shape index (κ3) is 42.1. The smallest absolute Gasteiger partial charge is 0.457 e. The maximum absolute atomic E-state index is 12.6. The van der Waals surface area contributed by atoms with Crippen LogP contribution in [0.25, 0.3) is 0 Å². The number of ether oxygens (including phenoxy) is 2. The van der Waals surface area contributed by atoms with Gasteiger partial charge in [0.25, 0.3) is 0 Å². The monoisotopic (exact) mass is 801 g/mol. The SMILES string of the molecule is CCCCC/C=C\C/C=C\C/C=C\CCCCCCCCC(=O)OC(COCCCCCCCCCCCCCCCCC)COP(=O)(O)OCC(O)CO.